The molecule has 1 heterocycles. The lowest BCUT2D eigenvalue weighted by Crippen LogP contribution is -2.63. The van der Waals surface area contributed by atoms with Crippen LogP contribution in [-0.2, 0) is 16.0 Å². The molecule has 3 rings (SSSR count). The van der Waals surface area contributed by atoms with Crippen LogP contribution < -0.4 is 0 Å². The van der Waals surface area contributed by atoms with Crippen LogP contribution in [0, 0.1) is 0 Å². The van der Waals surface area contributed by atoms with Crippen LogP contribution >= 0.6 is 0 Å². The van der Waals surface area contributed by atoms with Crippen molar-refractivity contribution >= 4 is 11.9 Å². The highest BCUT2D eigenvalue weighted by molar-refractivity contribution is 5.88. The van der Waals surface area contributed by atoms with Crippen molar-refractivity contribution < 1.29 is 19.4 Å². The van der Waals surface area contributed by atoms with Gasteiger partial charge in [-0.15, -0.1) is 0 Å². The normalized spacial score (nSPS) is 20.1. The number of nitrogens with zero attached hydrogens (tertiary/aromatic N) is 1. The summed E-state index contributed by atoms with van der Waals surface area (Å²) in [5.41, 5.74) is 0.876. The van der Waals surface area contributed by atoms with Crippen LogP contribution in [0.3, 0.4) is 0 Å². The van der Waals surface area contributed by atoms with E-state index in [1.54, 1.807) is 24.3 Å². The fourth-order valence-electron chi connectivity index (χ4n) is 3.21. The number of rotatable bonds is 3. The lowest BCUT2D eigenvalue weighted by atomic mass is 9.75. The van der Waals surface area contributed by atoms with Crippen LogP contribution in [0.4, 0.5) is 0 Å². The largest absolute Gasteiger partial charge is 0.478 e. The van der Waals surface area contributed by atoms with Gasteiger partial charge in [-0.05, 0) is 37.0 Å². The van der Waals surface area contributed by atoms with Crippen molar-refractivity contribution in [2.45, 2.75) is 31.2 Å². The number of carbonyl (C=O) groups excluding carboxylic acids is 1. The van der Waals surface area contributed by atoms with Gasteiger partial charge in [-0.2, -0.15) is 0 Å². The number of benzene rings is 1. The van der Waals surface area contributed by atoms with Gasteiger partial charge in [-0.25, -0.2) is 4.79 Å². The molecule has 0 aromatic heterocycles. The van der Waals surface area contributed by atoms with Gasteiger partial charge in [0.2, 0.25) is 5.91 Å². The summed E-state index contributed by atoms with van der Waals surface area (Å²) in [6, 6.07) is 6.61. The number of amides is 1. The first-order valence-corrected chi connectivity index (χ1v) is 7.31. The third-order valence-electron chi connectivity index (χ3n) is 4.52. The third kappa shape index (κ3) is 2.65. The van der Waals surface area contributed by atoms with E-state index in [1.165, 1.54) is 0 Å². The molecule has 5 heteroatoms. The topological polar surface area (TPSA) is 66.8 Å². The van der Waals surface area contributed by atoms with Crippen LogP contribution in [0.1, 0.15) is 35.2 Å². The second-order valence-electron chi connectivity index (χ2n) is 5.86. The fraction of sp³-hybridized carbons (Fsp3) is 0.500. The van der Waals surface area contributed by atoms with Crippen LogP contribution in [0.2, 0.25) is 0 Å². The highest BCUT2D eigenvalue weighted by Crippen LogP contribution is 2.39. The molecule has 0 atom stereocenters. The van der Waals surface area contributed by atoms with Crippen molar-refractivity contribution in [2.75, 3.05) is 19.8 Å². The smallest absolute Gasteiger partial charge is 0.335 e. The number of carboxylic acids is 1. The SMILES string of the molecule is O=C(O)c1cccc(CC(=O)N2CCOCC23CCC3)c1. The number of carboxylic acid groups (broad SMARTS) is 1. The first-order valence-electron chi connectivity index (χ1n) is 7.31. The highest BCUT2D eigenvalue weighted by atomic mass is 16.5. The Morgan fingerprint density at radius 3 is 2.81 bits per heavy atom. The molecule has 1 spiro atoms. The number of hydrogen-bond acceptors (Lipinski definition) is 3. The molecule has 21 heavy (non-hydrogen) atoms. The Kier molecular flexibility index (Phi) is 3.68. The number of morpholine rings is 1. The van der Waals surface area contributed by atoms with Gasteiger partial charge in [0.25, 0.3) is 0 Å². The molecule has 1 N–H and O–H groups in total. The van der Waals surface area contributed by atoms with Crippen molar-refractivity contribution in [3.8, 4) is 0 Å². The number of hydrogen-bond donors (Lipinski definition) is 1. The number of carbonyl (C=O) groups is 2. The molecule has 0 bridgehead atoms. The Bertz CT molecular complexity index is 565. The molecule has 1 aliphatic heterocycles. The van der Waals surface area contributed by atoms with E-state index in [2.05, 4.69) is 0 Å². The Balaban J connectivity index is 1.73. The van der Waals surface area contributed by atoms with Crippen LogP contribution in [0.25, 0.3) is 0 Å². The van der Waals surface area contributed by atoms with E-state index in [9.17, 15) is 9.59 Å². The van der Waals surface area contributed by atoms with Gasteiger partial charge in [0, 0.05) is 6.54 Å². The molecule has 1 saturated carbocycles. The summed E-state index contributed by atoms with van der Waals surface area (Å²) < 4.78 is 5.54. The summed E-state index contributed by atoms with van der Waals surface area (Å²) in [7, 11) is 0. The first-order chi connectivity index (χ1) is 10.1. The van der Waals surface area contributed by atoms with Crippen LogP contribution in [0.5, 0.6) is 0 Å². The lowest BCUT2D eigenvalue weighted by molar-refractivity contribution is -0.157. The lowest BCUT2D eigenvalue weighted by Gasteiger charge is -2.52. The van der Waals surface area contributed by atoms with Crippen molar-refractivity contribution in [1.29, 1.82) is 0 Å². The van der Waals surface area contributed by atoms with E-state index in [0.717, 1.165) is 24.8 Å². The maximum Gasteiger partial charge on any atom is 0.335 e. The minimum atomic E-state index is -0.967. The average Bonchev–Trinajstić information content (AvgIpc) is 2.45. The van der Waals surface area contributed by atoms with Gasteiger partial charge >= 0.3 is 5.97 Å². The molecule has 1 aliphatic carbocycles. The van der Waals surface area contributed by atoms with Crippen LogP contribution in [0.15, 0.2) is 24.3 Å². The van der Waals surface area contributed by atoms with E-state index < -0.39 is 5.97 Å². The highest BCUT2D eigenvalue weighted by Gasteiger charge is 2.46. The maximum atomic E-state index is 12.6. The van der Waals surface area contributed by atoms with Crippen molar-refractivity contribution in [3.05, 3.63) is 35.4 Å². The summed E-state index contributed by atoms with van der Waals surface area (Å²) in [5.74, 6) is -0.897. The minimum absolute atomic E-state index is 0.0699. The standard InChI is InChI=1S/C16H19NO4/c18-14(10-12-3-1-4-13(9-12)15(19)20)17-7-8-21-11-16(17)5-2-6-16/h1,3-4,9H,2,5-8,10-11H2,(H,19,20). The predicted octanol–water partition coefficient (Wildman–Crippen LogP) is 1.71. The van der Waals surface area contributed by atoms with Gasteiger partial charge in [-0.3, -0.25) is 4.79 Å². The van der Waals surface area contributed by atoms with Gasteiger partial charge in [0.05, 0.1) is 30.7 Å². The van der Waals surface area contributed by atoms with E-state index in [-0.39, 0.29) is 23.4 Å². The van der Waals surface area contributed by atoms with E-state index in [0.29, 0.717) is 19.8 Å². The van der Waals surface area contributed by atoms with E-state index in [1.807, 2.05) is 4.90 Å². The quantitative estimate of drug-likeness (QED) is 0.920. The summed E-state index contributed by atoms with van der Waals surface area (Å²) in [6.07, 6.45) is 3.41. The molecular weight excluding hydrogens is 270 g/mol. The van der Waals surface area contributed by atoms with E-state index in [4.69, 9.17) is 9.84 Å². The van der Waals surface area contributed by atoms with Crippen molar-refractivity contribution in [3.63, 3.8) is 0 Å². The summed E-state index contributed by atoms with van der Waals surface area (Å²) in [4.78, 5) is 25.5. The molecule has 1 aromatic carbocycles. The molecular formula is C16H19NO4. The van der Waals surface area contributed by atoms with Crippen LogP contribution in [-0.4, -0.2) is 47.2 Å². The van der Waals surface area contributed by atoms with Gasteiger partial charge in [0.1, 0.15) is 0 Å². The van der Waals surface area contributed by atoms with Gasteiger partial charge in [0.15, 0.2) is 0 Å². The molecule has 1 amide bonds. The second kappa shape index (κ2) is 5.48. The fourth-order valence-corrected chi connectivity index (χ4v) is 3.21. The molecule has 0 unspecified atom stereocenters. The Labute approximate surface area is 123 Å². The Morgan fingerprint density at radius 2 is 2.14 bits per heavy atom. The predicted molar refractivity (Wildman–Crippen MR) is 76.2 cm³/mol. The van der Waals surface area contributed by atoms with Gasteiger partial charge < -0.3 is 14.7 Å². The molecule has 1 saturated heterocycles. The second-order valence-corrected chi connectivity index (χ2v) is 5.86. The summed E-state index contributed by atoms with van der Waals surface area (Å²) >= 11 is 0. The number of ether oxygens (including phenoxy) is 1. The van der Waals surface area contributed by atoms with Gasteiger partial charge in [-0.1, -0.05) is 12.1 Å². The molecule has 0 radical (unpaired) electrons. The number of aromatic carboxylic acids is 1. The first kappa shape index (κ1) is 14.1. The molecule has 2 fully saturated rings. The zero-order chi connectivity index (χ0) is 14.9. The Morgan fingerprint density at radius 1 is 1.33 bits per heavy atom. The molecule has 5 nitrogen and oxygen atoms in total. The maximum absolute atomic E-state index is 12.6. The minimum Gasteiger partial charge on any atom is -0.478 e. The molecule has 1 aromatic rings. The molecule has 2 aliphatic rings. The third-order valence-corrected chi connectivity index (χ3v) is 4.52. The average molecular weight is 289 g/mol. The van der Waals surface area contributed by atoms with Crippen molar-refractivity contribution in [1.82, 2.24) is 4.90 Å². The monoisotopic (exact) mass is 289 g/mol. The molecule has 112 valence electrons. The summed E-state index contributed by atoms with van der Waals surface area (Å²) in [5, 5.41) is 9.01. The zero-order valence-corrected chi connectivity index (χ0v) is 11.9. The van der Waals surface area contributed by atoms with Crippen molar-refractivity contribution in [2.24, 2.45) is 0 Å². The zero-order valence-electron chi connectivity index (χ0n) is 11.9. The Hall–Kier alpha value is -1.88. The van der Waals surface area contributed by atoms with E-state index >= 15 is 0 Å². The summed E-state index contributed by atoms with van der Waals surface area (Å²) in [6.45, 7) is 1.86.